The molecule has 0 aliphatic heterocycles. The lowest BCUT2D eigenvalue weighted by atomic mass is 10.4. The molecule has 0 fully saturated rings. The van der Waals surface area contributed by atoms with Gasteiger partial charge in [-0.25, -0.2) is 13.8 Å². The van der Waals surface area contributed by atoms with Gasteiger partial charge in [0, 0.05) is 0 Å². The van der Waals surface area contributed by atoms with Crippen LogP contribution < -0.4 is 0 Å². The van der Waals surface area contributed by atoms with Crippen LogP contribution in [0.3, 0.4) is 0 Å². The smallest absolute Gasteiger partial charge is 0.234 e. The third-order valence-corrected chi connectivity index (χ3v) is 3.06. The Morgan fingerprint density at radius 2 is 2.00 bits per heavy atom. The molecule has 0 saturated carbocycles. The first-order chi connectivity index (χ1) is 5.52. The van der Waals surface area contributed by atoms with Gasteiger partial charge in [-0.1, -0.05) is 23.2 Å². The third kappa shape index (κ3) is 2.17. The van der Waals surface area contributed by atoms with Gasteiger partial charge in [-0.15, -0.1) is 0 Å². The monoisotopic (exact) mass is 323 g/mol. The highest BCUT2D eigenvalue weighted by Crippen LogP contribution is 2.29. The summed E-state index contributed by atoms with van der Waals surface area (Å²) in [7, 11) is 0. The maximum atomic E-state index is 12.2. The van der Waals surface area contributed by atoms with Crippen LogP contribution in [0.5, 0.6) is 0 Å². The lowest BCUT2D eigenvalue weighted by molar-refractivity contribution is 0.145. The average Bonchev–Trinajstić information content (AvgIpc) is 1.96. The third-order valence-electron chi connectivity index (χ3n) is 1.11. The van der Waals surface area contributed by atoms with E-state index in [0.717, 1.165) is 0 Å². The van der Waals surface area contributed by atoms with E-state index in [1.165, 1.54) is 6.07 Å². The van der Waals surface area contributed by atoms with Gasteiger partial charge in [0.15, 0.2) is 0 Å². The molecule has 0 N–H and O–H groups in total. The molecule has 0 saturated heterocycles. The van der Waals surface area contributed by atoms with E-state index in [9.17, 15) is 8.78 Å². The minimum Gasteiger partial charge on any atom is -0.234 e. The van der Waals surface area contributed by atoms with Crippen molar-refractivity contribution in [3.8, 4) is 0 Å². The van der Waals surface area contributed by atoms with Gasteiger partial charge in [0.2, 0.25) is 0 Å². The Hall–Kier alpha value is 0.320. The number of hydrogen-bond acceptors (Lipinski definition) is 1. The molecule has 0 amide bonds. The van der Waals surface area contributed by atoms with Crippen molar-refractivity contribution >= 4 is 45.8 Å². The average molecular weight is 324 g/mol. The number of pyridine rings is 1. The molecule has 1 heterocycles. The highest BCUT2D eigenvalue weighted by atomic mass is 127. The first-order valence-corrected chi connectivity index (χ1v) is 4.65. The summed E-state index contributed by atoms with van der Waals surface area (Å²) >= 11 is 12.7. The van der Waals surface area contributed by atoms with E-state index in [1.807, 2.05) is 0 Å². The molecule has 0 atom stereocenters. The van der Waals surface area contributed by atoms with Crippen LogP contribution in [0.15, 0.2) is 6.07 Å². The molecule has 12 heavy (non-hydrogen) atoms. The van der Waals surface area contributed by atoms with Crippen molar-refractivity contribution in [1.29, 1.82) is 0 Å². The Bertz CT molecular complexity index is 306. The summed E-state index contributed by atoms with van der Waals surface area (Å²) in [6.07, 6.45) is -2.65. The van der Waals surface area contributed by atoms with Crippen LogP contribution in [0, 0.1) is 3.57 Å². The minimum absolute atomic E-state index is 0.0179. The first kappa shape index (κ1) is 10.4. The molecule has 0 aromatic carbocycles. The van der Waals surface area contributed by atoms with E-state index in [4.69, 9.17) is 23.2 Å². The van der Waals surface area contributed by atoms with Crippen molar-refractivity contribution in [1.82, 2.24) is 4.98 Å². The second-order valence-corrected chi connectivity index (χ2v) is 3.80. The Morgan fingerprint density at radius 1 is 1.42 bits per heavy atom. The highest BCUT2D eigenvalue weighted by Gasteiger charge is 2.16. The van der Waals surface area contributed by atoms with Crippen LogP contribution >= 0.6 is 45.8 Å². The fourth-order valence-electron chi connectivity index (χ4n) is 0.631. The maximum Gasteiger partial charge on any atom is 0.281 e. The van der Waals surface area contributed by atoms with Crippen molar-refractivity contribution in [2.24, 2.45) is 0 Å². The van der Waals surface area contributed by atoms with E-state index >= 15 is 0 Å². The Balaban J connectivity index is 3.28. The molecule has 1 aromatic heterocycles. The Labute approximate surface area is 91.2 Å². The largest absolute Gasteiger partial charge is 0.281 e. The van der Waals surface area contributed by atoms with Gasteiger partial charge in [-0.3, -0.25) is 0 Å². The molecule has 1 nitrogen and oxygen atoms in total. The van der Waals surface area contributed by atoms with Gasteiger partial charge in [-0.05, 0) is 28.7 Å². The maximum absolute atomic E-state index is 12.2. The van der Waals surface area contributed by atoms with Crippen molar-refractivity contribution in [2.45, 2.75) is 6.43 Å². The molecule has 0 bridgehead atoms. The molecule has 6 heteroatoms. The van der Waals surface area contributed by atoms with Crippen molar-refractivity contribution in [2.75, 3.05) is 0 Å². The van der Waals surface area contributed by atoms with E-state index < -0.39 is 6.43 Å². The zero-order chi connectivity index (χ0) is 9.30. The first-order valence-electron chi connectivity index (χ1n) is 2.82. The van der Waals surface area contributed by atoms with Crippen molar-refractivity contribution < 1.29 is 8.78 Å². The predicted molar refractivity (Wildman–Crippen MR) is 51.9 cm³/mol. The molecule has 0 aliphatic rings. The molecular formula is C6H2Cl2F2IN. The summed E-state index contributed by atoms with van der Waals surface area (Å²) in [5, 5.41) is 0.182. The van der Waals surface area contributed by atoms with E-state index in [1.54, 1.807) is 22.6 Å². The number of hydrogen-bond donors (Lipinski definition) is 0. The molecule has 0 unspecified atom stereocenters. The van der Waals surface area contributed by atoms with Gasteiger partial charge in [0.05, 0.1) is 8.59 Å². The van der Waals surface area contributed by atoms with E-state index in [0.29, 0.717) is 0 Å². The molecule has 1 rings (SSSR count). The summed E-state index contributed by atoms with van der Waals surface area (Å²) in [5.74, 6) is 0. The highest BCUT2D eigenvalue weighted by molar-refractivity contribution is 14.1. The number of halogens is 5. The second kappa shape index (κ2) is 4.02. The predicted octanol–water partition coefficient (Wildman–Crippen LogP) is 3.93. The zero-order valence-electron chi connectivity index (χ0n) is 5.49. The number of nitrogens with zero attached hydrogens (tertiary/aromatic N) is 1. The van der Waals surface area contributed by atoms with Gasteiger partial charge in [0.25, 0.3) is 6.43 Å². The number of aromatic nitrogens is 1. The summed E-state index contributed by atoms with van der Waals surface area (Å²) in [4.78, 5) is 3.46. The van der Waals surface area contributed by atoms with Gasteiger partial charge >= 0.3 is 0 Å². The molecule has 0 aliphatic carbocycles. The SMILES string of the molecule is FC(F)c1nc(Cl)cc(Cl)c1I. The summed E-state index contributed by atoms with van der Waals surface area (Å²) < 4.78 is 24.7. The van der Waals surface area contributed by atoms with Crippen LogP contribution in [-0.4, -0.2) is 4.98 Å². The molecule has 66 valence electrons. The molecule has 0 spiro atoms. The molecule has 0 radical (unpaired) electrons. The van der Waals surface area contributed by atoms with Crippen LogP contribution in [0.4, 0.5) is 8.78 Å². The van der Waals surface area contributed by atoms with Crippen LogP contribution in [-0.2, 0) is 0 Å². The standard InChI is InChI=1S/C6H2Cl2F2IN/c7-2-1-3(8)12-5(4(2)11)6(9)10/h1,6H. The number of alkyl halides is 2. The summed E-state index contributed by atoms with van der Waals surface area (Å²) in [5.41, 5.74) is -0.367. The second-order valence-electron chi connectivity index (χ2n) is 1.93. The summed E-state index contributed by atoms with van der Waals surface area (Å²) in [6, 6.07) is 1.33. The van der Waals surface area contributed by atoms with Crippen LogP contribution in [0.25, 0.3) is 0 Å². The van der Waals surface area contributed by atoms with Crippen LogP contribution in [0.2, 0.25) is 10.2 Å². The number of rotatable bonds is 1. The normalized spacial score (nSPS) is 10.8. The fourth-order valence-corrected chi connectivity index (χ4v) is 1.60. The topological polar surface area (TPSA) is 12.9 Å². The quantitative estimate of drug-likeness (QED) is 0.563. The molecular weight excluding hydrogens is 322 g/mol. The summed E-state index contributed by atoms with van der Waals surface area (Å²) in [6.45, 7) is 0. The van der Waals surface area contributed by atoms with Crippen LogP contribution in [0.1, 0.15) is 12.1 Å². The lowest BCUT2D eigenvalue weighted by Gasteiger charge is -2.03. The van der Waals surface area contributed by atoms with Gasteiger partial charge in [-0.2, -0.15) is 0 Å². The van der Waals surface area contributed by atoms with Gasteiger partial charge in [0.1, 0.15) is 10.8 Å². The lowest BCUT2D eigenvalue weighted by Crippen LogP contribution is -1.95. The van der Waals surface area contributed by atoms with E-state index in [2.05, 4.69) is 4.98 Å². The van der Waals surface area contributed by atoms with Crippen molar-refractivity contribution in [3.63, 3.8) is 0 Å². The minimum atomic E-state index is -2.65. The van der Waals surface area contributed by atoms with Gasteiger partial charge < -0.3 is 0 Å². The Morgan fingerprint density at radius 3 is 2.50 bits per heavy atom. The van der Waals surface area contributed by atoms with Crippen molar-refractivity contribution in [3.05, 3.63) is 25.5 Å². The van der Waals surface area contributed by atoms with E-state index in [-0.39, 0.29) is 19.4 Å². The Kier molecular flexibility index (Phi) is 3.48. The zero-order valence-corrected chi connectivity index (χ0v) is 9.16. The molecule has 1 aromatic rings. The fraction of sp³-hybridized carbons (Fsp3) is 0.167.